The van der Waals surface area contributed by atoms with Crippen LogP contribution in [-0.4, -0.2) is 11.0 Å². The van der Waals surface area contributed by atoms with Crippen molar-refractivity contribution in [2.75, 3.05) is 0 Å². The first-order valence-electron chi connectivity index (χ1n) is 5.54. The molecule has 1 saturated carbocycles. The predicted molar refractivity (Wildman–Crippen MR) is 69.8 cm³/mol. The van der Waals surface area contributed by atoms with Crippen LogP contribution in [0.5, 0.6) is 0 Å². The van der Waals surface area contributed by atoms with Crippen LogP contribution in [0.4, 0.5) is 0 Å². The maximum absolute atomic E-state index is 4.64. The van der Waals surface area contributed by atoms with Crippen LogP contribution in [0.25, 0.3) is 9.88 Å². The molecule has 2 heterocycles. The van der Waals surface area contributed by atoms with Gasteiger partial charge in [0.05, 0.1) is 10.6 Å². The summed E-state index contributed by atoms with van der Waals surface area (Å²) in [5.41, 5.74) is 1.17. The number of hydrogen-bond donors (Lipinski definition) is 1. The van der Waals surface area contributed by atoms with Crippen LogP contribution >= 0.6 is 22.7 Å². The highest BCUT2D eigenvalue weighted by Crippen LogP contribution is 2.30. The summed E-state index contributed by atoms with van der Waals surface area (Å²) >= 11 is 3.49. The fourth-order valence-corrected chi connectivity index (χ4v) is 3.38. The van der Waals surface area contributed by atoms with Gasteiger partial charge in [0.1, 0.15) is 5.01 Å². The maximum Gasteiger partial charge on any atom is 0.133 e. The van der Waals surface area contributed by atoms with Crippen LogP contribution in [0.15, 0.2) is 22.9 Å². The topological polar surface area (TPSA) is 24.9 Å². The summed E-state index contributed by atoms with van der Waals surface area (Å²) in [5.74, 6) is 0.857. The van der Waals surface area contributed by atoms with Gasteiger partial charge in [0, 0.05) is 18.0 Å². The molecule has 2 aromatic rings. The minimum atomic E-state index is 0.729. The summed E-state index contributed by atoms with van der Waals surface area (Å²) in [7, 11) is 0. The first kappa shape index (κ1) is 10.4. The van der Waals surface area contributed by atoms with Crippen molar-refractivity contribution >= 4 is 22.7 Å². The molecule has 2 atom stereocenters. The monoisotopic (exact) mass is 250 g/mol. The van der Waals surface area contributed by atoms with E-state index in [2.05, 4.69) is 40.1 Å². The second-order valence-corrected chi connectivity index (χ2v) is 6.13. The van der Waals surface area contributed by atoms with E-state index in [1.165, 1.54) is 17.0 Å². The van der Waals surface area contributed by atoms with Gasteiger partial charge in [0.2, 0.25) is 0 Å². The Morgan fingerprint density at radius 1 is 1.50 bits per heavy atom. The quantitative estimate of drug-likeness (QED) is 0.900. The number of nitrogens with one attached hydrogen (secondary N) is 1. The number of thiophene rings is 1. The molecule has 0 spiro atoms. The third-order valence-corrected chi connectivity index (χ3v) is 4.87. The third kappa shape index (κ3) is 2.19. The molecule has 0 aromatic carbocycles. The van der Waals surface area contributed by atoms with Gasteiger partial charge < -0.3 is 5.32 Å². The van der Waals surface area contributed by atoms with Gasteiger partial charge in [0.15, 0.2) is 0 Å². The summed E-state index contributed by atoms with van der Waals surface area (Å²) in [4.78, 5) is 5.92. The number of hydrogen-bond acceptors (Lipinski definition) is 4. The summed E-state index contributed by atoms with van der Waals surface area (Å²) in [6.07, 6.45) is 1.32. The number of thiazole rings is 1. The van der Waals surface area contributed by atoms with Gasteiger partial charge in [0.25, 0.3) is 0 Å². The Morgan fingerprint density at radius 3 is 3.06 bits per heavy atom. The predicted octanol–water partition coefficient (Wildman–Crippen LogP) is 3.37. The first-order chi connectivity index (χ1) is 7.83. The fraction of sp³-hybridized carbons (Fsp3) is 0.417. The minimum Gasteiger partial charge on any atom is -0.308 e. The van der Waals surface area contributed by atoms with Crippen molar-refractivity contribution in [2.24, 2.45) is 5.92 Å². The van der Waals surface area contributed by atoms with Crippen molar-refractivity contribution in [3.8, 4) is 9.88 Å². The summed E-state index contributed by atoms with van der Waals surface area (Å²) in [6, 6.07) is 4.93. The van der Waals surface area contributed by atoms with Gasteiger partial charge in [-0.05, 0) is 23.8 Å². The van der Waals surface area contributed by atoms with E-state index in [9.17, 15) is 0 Å². The molecule has 3 rings (SSSR count). The zero-order valence-corrected chi connectivity index (χ0v) is 10.8. The second-order valence-electron chi connectivity index (χ2n) is 4.32. The van der Waals surface area contributed by atoms with E-state index < -0.39 is 0 Å². The van der Waals surface area contributed by atoms with Crippen molar-refractivity contribution in [3.05, 3.63) is 28.6 Å². The van der Waals surface area contributed by atoms with E-state index in [-0.39, 0.29) is 0 Å². The molecule has 1 aliphatic carbocycles. The number of rotatable bonds is 4. The number of nitrogens with zero attached hydrogens (tertiary/aromatic N) is 1. The van der Waals surface area contributed by atoms with Crippen molar-refractivity contribution in [1.29, 1.82) is 0 Å². The average Bonchev–Trinajstić information content (AvgIpc) is 2.82. The molecule has 0 amide bonds. The van der Waals surface area contributed by atoms with Crippen LogP contribution in [0.3, 0.4) is 0 Å². The summed E-state index contributed by atoms with van der Waals surface area (Å²) in [5, 5.41) is 8.94. The zero-order chi connectivity index (χ0) is 11.0. The van der Waals surface area contributed by atoms with Crippen molar-refractivity contribution in [3.63, 3.8) is 0 Å². The Labute approximate surface area is 103 Å². The molecule has 2 nitrogen and oxygen atoms in total. The molecule has 0 aliphatic heterocycles. The molecule has 1 fully saturated rings. The lowest BCUT2D eigenvalue weighted by atomic mass is 10.4. The molecule has 0 saturated heterocycles. The van der Waals surface area contributed by atoms with Crippen LogP contribution in [0, 0.1) is 5.92 Å². The highest BCUT2D eigenvalue weighted by Gasteiger charge is 2.31. The maximum atomic E-state index is 4.64. The van der Waals surface area contributed by atoms with E-state index in [0.717, 1.165) is 23.5 Å². The Bertz CT molecular complexity index is 461. The van der Waals surface area contributed by atoms with E-state index in [1.54, 1.807) is 22.7 Å². The van der Waals surface area contributed by atoms with Crippen molar-refractivity contribution in [2.45, 2.75) is 25.9 Å². The van der Waals surface area contributed by atoms with Crippen molar-refractivity contribution in [1.82, 2.24) is 10.3 Å². The van der Waals surface area contributed by atoms with Crippen molar-refractivity contribution < 1.29 is 0 Å². The Morgan fingerprint density at radius 2 is 2.38 bits per heavy atom. The normalized spacial score (nSPS) is 23.6. The molecule has 2 aromatic heterocycles. The average molecular weight is 250 g/mol. The smallest absolute Gasteiger partial charge is 0.133 e. The van der Waals surface area contributed by atoms with Crippen LogP contribution in [0.2, 0.25) is 0 Å². The Hall–Kier alpha value is -0.710. The van der Waals surface area contributed by atoms with Gasteiger partial charge >= 0.3 is 0 Å². The van der Waals surface area contributed by atoms with Crippen LogP contribution in [-0.2, 0) is 6.54 Å². The lowest BCUT2D eigenvalue weighted by molar-refractivity contribution is 0.645. The zero-order valence-electron chi connectivity index (χ0n) is 9.14. The molecule has 1 aliphatic rings. The Balaban J connectivity index is 1.64. The fourth-order valence-electron chi connectivity index (χ4n) is 1.74. The van der Waals surface area contributed by atoms with E-state index in [1.807, 2.05) is 0 Å². The van der Waals surface area contributed by atoms with E-state index >= 15 is 0 Å². The van der Waals surface area contributed by atoms with E-state index in [4.69, 9.17) is 0 Å². The molecule has 1 N–H and O–H groups in total. The van der Waals surface area contributed by atoms with Gasteiger partial charge in [-0.15, -0.1) is 22.7 Å². The van der Waals surface area contributed by atoms with Crippen LogP contribution < -0.4 is 5.32 Å². The standard InChI is InChI=1S/C12H14N2S2/c1-8-5-10(8)13-6-9-7-16-12(14-9)11-3-2-4-15-11/h2-4,7-8,10,13H,5-6H2,1H3. The highest BCUT2D eigenvalue weighted by molar-refractivity contribution is 7.20. The highest BCUT2D eigenvalue weighted by atomic mass is 32.1. The molecule has 16 heavy (non-hydrogen) atoms. The molecule has 0 bridgehead atoms. The largest absolute Gasteiger partial charge is 0.308 e. The summed E-state index contributed by atoms with van der Waals surface area (Å²) in [6.45, 7) is 3.20. The lowest BCUT2D eigenvalue weighted by Crippen LogP contribution is -2.17. The Kier molecular flexibility index (Phi) is 2.79. The minimum absolute atomic E-state index is 0.729. The lowest BCUT2D eigenvalue weighted by Gasteiger charge is -1.98. The molecule has 0 radical (unpaired) electrons. The number of aromatic nitrogens is 1. The molecule has 2 unspecified atom stereocenters. The molecular weight excluding hydrogens is 236 g/mol. The second kappa shape index (κ2) is 4.28. The molecule has 84 valence electrons. The van der Waals surface area contributed by atoms with Gasteiger partial charge in [-0.2, -0.15) is 0 Å². The van der Waals surface area contributed by atoms with Gasteiger partial charge in [-0.25, -0.2) is 4.98 Å². The third-order valence-electron chi connectivity index (χ3n) is 2.94. The van der Waals surface area contributed by atoms with Gasteiger partial charge in [-0.1, -0.05) is 13.0 Å². The van der Waals surface area contributed by atoms with E-state index in [0.29, 0.717) is 0 Å². The summed E-state index contributed by atoms with van der Waals surface area (Å²) < 4.78 is 0. The molecule has 4 heteroatoms. The molecular formula is C12H14N2S2. The first-order valence-corrected chi connectivity index (χ1v) is 7.30. The van der Waals surface area contributed by atoms with Crippen LogP contribution in [0.1, 0.15) is 19.0 Å². The van der Waals surface area contributed by atoms with Gasteiger partial charge in [-0.3, -0.25) is 0 Å². The SMILES string of the molecule is CC1CC1NCc1csc(-c2cccs2)n1.